The average Bonchev–Trinajstić information content (AvgIpc) is 3.41. The molecule has 5 rings (SSSR count). The molecule has 2 aromatic heterocycles. The molecular formula is C25H28N4S. The van der Waals surface area contributed by atoms with Gasteiger partial charge in [-0.05, 0) is 53.8 Å². The summed E-state index contributed by atoms with van der Waals surface area (Å²) in [6.45, 7) is 11.4. The Bertz CT molecular complexity index is 1060. The molecule has 4 unspecified atom stereocenters. The van der Waals surface area contributed by atoms with Crippen LogP contribution in [0, 0.1) is 11.3 Å². The Morgan fingerprint density at radius 2 is 1.97 bits per heavy atom. The van der Waals surface area contributed by atoms with E-state index in [0.717, 1.165) is 24.3 Å². The Labute approximate surface area is 182 Å². The molecule has 0 spiro atoms. The third-order valence-corrected chi connectivity index (χ3v) is 8.10. The van der Waals surface area contributed by atoms with E-state index < -0.39 is 0 Å². The highest BCUT2D eigenvalue weighted by atomic mass is 32.1. The van der Waals surface area contributed by atoms with E-state index in [1.54, 1.807) is 17.7 Å². The molecule has 0 radical (unpaired) electrons. The topological polar surface area (TPSA) is 32.3 Å². The lowest BCUT2D eigenvalue weighted by molar-refractivity contribution is 0.154. The maximum Gasteiger partial charge on any atom is 0.162 e. The maximum absolute atomic E-state index is 4.80. The summed E-state index contributed by atoms with van der Waals surface area (Å²) in [5, 5.41) is 3.38. The predicted octanol–water partition coefficient (Wildman–Crippen LogP) is 6.88. The van der Waals surface area contributed by atoms with Gasteiger partial charge in [-0.3, -0.25) is 0 Å². The number of aromatic nitrogens is 2. The molecule has 0 bridgehead atoms. The fraction of sp³-hybridized carbons (Fsp3) is 0.360. The van der Waals surface area contributed by atoms with E-state index >= 15 is 0 Å². The molecule has 4 heterocycles. The lowest BCUT2D eigenvalue weighted by Crippen LogP contribution is -2.52. The Morgan fingerprint density at radius 1 is 1.13 bits per heavy atom. The van der Waals surface area contributed by atoms with E-state index in [2.05, 4.69) is 90.0 Å². The quantitative estimate of drug-likeness (QED) is 0.434. The van der Waals surface area contributed by atoms with Crippen LogP contribution in [-0.4, -0.2) is 16.1 Å². The van der Waals surface area contributed by atoms with Crippen LogP contribution in [0.1, 0.15) is 45.1 Å². The lowest BCUT2D eigenvalue weighted by atomic mass is 9.65. The van der Waals surface area contributed by atoms with Crippen LogP contribution >= 0.6 is 11.3 Å². The van der Waals surface area contributed by atoms with E-state index in [0.29, 0.717) is 11.8 Å². The maximum atomic E-state index is 4.80. The molecule has 0 fully saturated rings. The predicted molar refractivity (Wildman–Crippen MR) is 126 cm³/mol. The summed E-state index contributed by atoms with van der Waals surface area (Å²) in [5.41, 5.74) is 3.70. The third-order valence-electron chi connectivity index (χ3n) is 7.23. The van der Waals surface area contributed by atoms with Crippen LogP contribution < -0.4 is 9.80 Å². The average molecular weight is 417 g/mol. The summed E-state index contributed by atoms with van der Waals surface area (Å²) >= 11 is 1.77. The largest absolute Gasteiger partial charge is 0.306 e. The van der Waals surface area contributed by atoms with Gasteiger partial charge in [0.2, 0.25) is 0 Å². The SMILES string of the molecule is C=CC1C(CC)c2ccccc2N2c3ncncc3N(c3cccs3)C2C1(C)CC. The highest BCUT2D eigenvalue weighted by Crippen LogP contribution is 2.60. The van der Waals surface area contributed by atoms with Crippen molar-refractivity contribution in [1.82, 2.24) is 9.97 Å². The van der Waals surface area contributed by atoms with Crippen LogP contribution in [-0.2, 0) is 0 Å². The zero-order valence-corrected chi connectivity index (χ0v) is 18.6. The van der Waals surface area contributed by atoms with Crippen molar-refractivity contribution < 1.29 is 0 Å². The van der Waals surface area contributed by atoms with Crippen molar-refractivity contribution in [2.45, 2.75) is 45.7 Å². The van der Waals surface area contributed by atoms with Crippen molar-refractivity contribution >= 4 is 33.5 Å². The number of allylic oxidation sites excluding steroid dienone is 1. The number of fused-ring (bicyclic) bond motifs is 5. The Kier molecular flexibility index (Phi) is 4.66. The van der Waals surface area contributed by atoms with Gasteiger partial charge in [-0.2, -0.15) is 0 Å². The summed E-state index contributed by atoms with van der Waals surface area (Å²) in [5.74, 6) is 1.76. The first-order valence-corrected chi connectivity index (χ1v) is 11.7. The van der Waals surface area contributed by atoms with Gasteiger partial charge >= 0.3 is 0 Å². The molecule has 3 aromatic rings. The van der Waals surface area contributed by atoms with Crippen molar-refractivity contribution in [2.75, 3.05) is 9.80 Å². The molecule has 154 valence electrons. The van der Waals surface area contributed by atoms with Gasteiger partial charge < -0.3 is 9.80 Å². The van der Waals surface area contributed by atoms with Crippen LogP contribution in [0.5, 0.6) is 0 Å². The van der Waals surface area contributed by atoms with Crippen LogP contribution in [0.25, 0.3) is 0 Å². The highest BCUT2D eigenvalue weighted by molar-refractivity contribution is 7.14. The molecule has 0 amide bonds. The van der Waals surface area contributed by atoms with E-state index in [4.69, 9.17) is 4.98 Å². The lowest BCUT2D eigenvalue weighted by Gasteiger charge is -2.47. The van der Waals surface area contributed by atoms with Gasteiger partial charge in [-0.25, -0.2) is 9.97 Å². The van der Waals surface area contributed by atoms with Gasteiger partial charge in [0.25, 0.3) is 0 Å². The minimum atomic E-state index is -0.0356. The molecule has 4 nitrogen and oxygen atoms in total. The zero-order chi connectivity index (χ0) is 20.9. The van der Waals surface area contributed by atoms with Gasteiger partial charge in [-0.1, -0.05) is 45.0 Å². The molecule has 2 aliphatic rings. The normalized spacial score (nSPS) is 27.2. The number of nitrogens with zero attached hydrogens (tertiary/aromatic N) is 4. The summed E-state index contributed by atoms with van der Waals surface area (Å²) < 4.78 is 0. The minimum absolute atomic E-state index is 0.0356. The van der Waals surface area contributed by atoms with Gasteiger partial charge in [0.1, 0.15) is 18.2 Å². The molecule has 4 atom stereocenters. The van der Waals surface area contributed by atoms with E-state index in [1.807, 2.05) is 6.20 Å². The number of para-hydroxylation sites is 1. The van der Waals surface area contributed by atoms with Gasteiger partial charge in [0.15, 0.2) is 5.82 Å². The molecule has 5 heteroatoms. The van der Waals surface area contributed by atoms with Crippen molar-refractivity contribution in [3.05, 3.63) is 72.5 Å². The zero-order valence-electron chi connectivity index (χ0n) is 17.8. The standard InChI is InChI=1S/C25H28N4S/c1-5-17-18-11-8-9-12-20(18)29-23-21(15-26-16-27-23)28(22-13-10-14-30-22)24(29)25(4,7-3)19(17)6-2/h6,8-17,19,24H,2,5,7H2,1,3-4H3. The molecule has 0 saturated carbocycles. The fourth-order valence-corrected chi connectivity index (χ4v) is 6.45. The number of anilines is 4. The second-order valence-electron chi connectivity index (χ2n) is 8.49. The first-order chi connectivity index (χ1) is 14.7. The first kappa shape index (κ1) is 19.3. The third kappa shape index (κ3) is 2.51. The first-order valence-electron chi connectivity index (χ1n) is 10.8. The summed E-state index contributed by atoms with van der Waals surface area (Å²) in [6.07, 6.45) is 8.08. The van der Waals surface area contributed by atoms with E-state index in [-0.39, 0.29) is 11.6 Å². The Balaban J connectivity index is 1.86. The number of rotatable bonds is 4. The smallest absolute Gasteiger partial charge is 0.162 e. The fourth-order valence-electron chi connectivity index (χ4n) is 5.69. The summed E-state index contributed by atoms with van der Waals surface area (Å²) in [4.78, 5) is 14.1. The van der Waals surface area contributed by atoms with E-state index in [9.17, 15) is 0 Å². The molecular weight excluding hydrogens is 388 g/mol. The van der Waals surface area contributed by atoms with Crippen molar-refractivity contribution in [3.8, 4) is 0 Å². The van der Waals surface area contributed by atoms with Crippen molar-refractivity contribution in [3.63, 3.8) is 0 Å². The van der Waals surface area contributed by atoms with Gasteiger partial charge in [0, 0.05) is 11.1 Å². The molecule has 30 heavy (non-hydrogen) atoms. The summed E-state index contributed by atoms with van der Waals surface area (Å²) in [7, 11) is 0. The number of thiophene rings is 1. The molecule has 0 aliphatic carbocycles. The monoisotopic (exact) mass is 416 g/mol. The summed E-state index contributed by atoms with van der Waals surface area (Å²) in [6, 6.07) is 13.2. The minimum Gasteiger partial charge on any atom is -0.306 e. The van der Waals surface area contributed by atoms with Crippen molar-refractivity contribution in [2.24, 2.45) is 11.3 Å². The second-order valence-corrected chi connectivity index (χ2v) is 9.42. The molecule has 2 aliphatic heterocycles. The Morgan fingerprint density at radius 3 is 2.67 bits per heavy atom. The van der Waals surface area contributed by atoms with Gasteiger partial charge in [0.05, 0.1) is 11.2 Å². The van der Waals surface area contributed by atoms with E-state index in [1.165, 1.54) is 16.3 Å². The molecule has 0 N–H and O–H groups in total. The van der Waals surface area contributed by atoms with Gasteiger partial charge in [-0.15, -0.1) is 17.9 Å². The Hall–Kier alpha value is -2.66. The number of hydrogen-bond acceptors (Lipinski definition) is 5. The number of benzene rings is 1. The number of hydrogen-bond donors (Lipinski definition) is 0. The highest BCUT2D eigenvalue weighted by Gasteiger charge is 2.55. The van der Waals surface area contributed by atoms with Crippen molar-refractivity contribution in [1.29, 1.82) is 0 Å². The van der Waals surface area contributed by atoms with Crippen LogP contribution in [0.2, 0.25) is 0 Å². The molecule has 0 saturated heterocycles. The van der Waals surface area contributed by atoms with Crippen LogP contribution in [0.15, 0.2) is 67.0 Å². The second kappa shape index (κ2) is 7.24. The van der Waals surface area contributed by atoms with Crippen LogP contribution in [0.4, 0.5) is 22.2 Å². The molecule has 1 aromatic carbocycles. The van der Waals surface area contributed by atoms with Crippen LogP contribution in [0.3, 0.4) is 0 Å².